The maximum atomic E-state index is 11.7. The number of carbonyl (C=O) groups is 2. The Morgan fingerprint density at radius 1 is 1.47 bits per heavy atom. The monoisotopic (exact) mass is 213 g/mol. The topological polar surface area (TPSA) is 84.2 Å². The van der Waals surface area contributed by atoms with Crippen molar-refractivity contribution in [3.05, 3.63) is 0 Å². The highest BCUT2D eigenvalue weighted by atomic mass is 16.2. The smallest absolute Gasteiger partial charge is 0.318 e. The van der Waals surface area contributed by atoms with E-state index in [9.17, 15) is 9.59 Å². The average Bonchev–Trinajstić information content (AvgIpc) is 2.18. The molecule has 0 spiro atoms. The molecule has 5 nitrogen and oxygen atoms in total. The van der Waals surface area contributed by atoms with Gasteiger partial charge >= 0.3 is 6.03 Å². The summed E-state index contributed by atoms with van der Waals surface area (Å²) in [5.74, 6) is -0.0331. The van der Waals surface area contributed by atoms with E-state index < -0.39 is 11.4 Å². The molecule has 1 unspecified atom stereocenters. The Kier molecular flexibility index (Phi) is 3.68. The largest absolute Gasteiger partial charge is 0.351 e. The minimum Gasteiger partial charge on any atom is -0.351 e. The van der Waals surface area contributed by atoms with Crippen LogP contribution in [0, 0.1) is 11.3 Å². The van der Waals surface area contributed by atoms with Crippen LogP contribution in [0.1, 0.15) is 26.7 Å². The fourth-order valence-electron chi connectivity index (χ4n) is 1.93. The van der Waals surface area contributed by atoms with Crippen LogP contribution in [0.4, 0.5) is 4.79 Å². The average molecular weight is 213 g/mol. The fourth-order valence-corrected chi connectivity index (χ4v) is 1.93. The molecule has 1 aliphatic rings. The minimum atomic E-state index is -0.781. The summed E-state index contributed by atoms with van der Waals surface area (Å²) in [4.78, 5) is 22.3. The first kappa shape index (κ1) is 12.0. The predicted octanol–water partition coefficient (Wildman–Crippen LogP) is 0.207. The molecule has 0 aliphatic carbocycles. The second kappa shape index (κ2) is 4.61. The first-order valence-corrected chi connectivity index (χ1v) is 5.26. The number of carbonyl (C=O) groups excluding carboxylic acids is 2. The van der Waals surface area contributed by atoms with Gasteiger partial charge in [-0.15, -0.1) is 0 Å². The number of rotatable bonds is 2. The van der Waals surface area contributed by atoms with E-state index in [1.807, 2.05) is 13.8 Å². The lowest BCUT2D eigenvalue weighted by Gasteiger charge is -2.35. The molecular weight excluding hydrogens is 194 g/mol. The van der Waals surface area contributed by atoms with Crippen LogP contribution in [0.5, 0.6) is 0 Å². The van der Waals surface area contributed by atoms with E-state index in [1.165, 1.54) is 0 Å². The fraction of sp³-hybridized carbons (Fsp3) is 0.800. The zero-order valence-corrected chi connectivity index (χ0v) is 9.30. The summed E-state index contributed by atoms with van der Waals surface area (Å²) in [6, 6.07) is -0.781. The van der Waals surface area contributed by atoms with E-state index in [4.69, 9.17) is 5.73 Å². The lowest BCUT2D eigenvalue weighted by Crippen LogP contribution is -2.49. The van der Waals surface area contributed by atoms with Crippen LogP contribution < -0.4 is 16.4 Å². The molecular formula is C10H19N3O2. The van der Waals surface area contributed by atoms with Gasteiger partial charge in [-0.05, 0) is 31.8 Å². The van der Waals surface area contributed by atoms with Gasteiger partial charge in [0.15, 0.2) is 0 Å². The zero-order valence-electron chi connectivity index (χ0n) is 9.30. The molecule has 0 saturated carbocycles. The summed E-state index contributed by atoms with van der Waals surface area (Å²) in [6.45, 7) is 5.52. The van der Waals surface area contributed by atoms with Gasteiger partial charge in [0.2, 0.25) is 5.91 Å². The molecule has 1 aliphatic heterocycles. The number of nitrogens with one attached hydrogen (secondary N) is 2. The molecule has 1 heterocycles. The van der Waals surface area contributed by atoms with Crippen LogP contribution >= 0.6 is 0 Å². The van der Waals surface area contributed by atoms with Crippen molar-refractivity contribution in [2.24, 2.45) is 17.1 Å². The predicted molar refractivity (Wildman–Crippen MR) is 57.1 cm³/mol. The Labute approximate surface area is 89.8 Å². The second-order valence-corrected chi connectivity index (χ2v) is 4.58. The Balaban J connectivity index is 2.62. The minimum absolute atomic E-state index is 0.255. The first-order chi connectivity index (χ1) is 6.94. The molecule has 3 amide bonds. The van der Waals surface area contributed by atoms with Gasteiger partial charge in [-0.2, -0.15) is 0 Å². The van der Waals surface area contributed by atoms with Crippen molar-refractivity contribution in [2.75, 3.05) is 13.1 Å². The van der Waals surface area contributed by atoms with Crippen LogP contribution in [-0.2, 0) is 4.79 Å². The van der Waals surface area contributed by atoms with Crippen LogP contribution in [0.2, 0.25) is 0 Å². The maximum absolute atomic E-state index is 11.7. The number of piperidine rings is 1. The van der Waals surface area contributed by atoms with E-state index in [2.05, 4.69) is 10.6 Å². The molecule has 0 aromatic rings. The molecule has 1 saturated heterocycles. The molecule has 86 valence electrons. The third-order valence-electron chi connectivity index (χ3n) is 3.14. The SMILES string of the molecule is CC(C)(C(=O)NC(N)=O)C1CCCNC1. The highest BCUT2D eigenvalue weighted by Crippen LogP contribution is 2.31. The molecule has 1 atom stereocenters. The number of imide groups is 1. The lowest BCUT2D eigenvalue weighted by atomic mass is 9.74. The van der Waals surface area contributed by atoms with Crippen LogP contribution in [0.25, 0.3) is 0 Å². The summed E-state index contributed by atoms with van der Waals surface area (Å²) < 4.78 is 0. The number of hydrogen-bond donors (Lipinski definition) is 3. The van der Waals surface area contributed by atoms with Gasteiger partial charge < -0.3 is 11.1 Å². The number of hydrogen-bond acceptors (Lipinski definition) is 3. The summed E-state index contributed by atoms with van der Waals surface area (Å²) in [6.07, 6.45) is 2.07. The number of urea groups is 1. The van der Waals surface area contributed by atoms with Gasteiger partial charge in [-0.1, -0.05) is 13.8 Å². The van der Waals surface area contributed by atoms with Gasteiger partial charge in [0.1, 0.15) is 0 Å². The van der Waals surface area contributed by atoms with Crippen molar-refractivity contribution in [1.82, 2.24) is 10.6 Å². The summed E-state index contributed by atoms with van der Waals surface area (Å²) in [5.41, 5.74) is 4.38. The molecule has 15 heavy (non-hydrogen) atoms. The lowest BCUT2D eigenvalue weighted by molar-refractivity contribution is -0.131. The maximum Gasteiger partial charge on any atom is 0.318 e. The van der Waals surface area contributed by atoms with Crippen molar-refractivity contribution in [3.63, 3.8) is 0 Å². The zero-order chi connectivity index (χ0) is 11.5. The second-order valence-electron chi connectivity index (χ2n) is 4.58. The van der Waals surface area contributed by atoms with Crippen molar-refractivity contribution in [3.8, 4) is 0 Å². The Hall–Kier alpha value is -1.10. The Bertz CT molecular complexity index is 257. The molecule has 1 rings (SSSR count). The third kappa shape index (κ3) is 2.92. The van der Waals surface area contributed by atoms with Crippen LogP contribution in [-0.4, -0.2) is 25.0 Å². The van der Waals surface area contributed by atoms with Gasteiger partial charge in [0, 0.05) is 5.41 Å². The van der Waals surface area contributed by atoms with Gasteiger partial charge in [0.25, 0.3) is 0 Å². The quantitative estimate of drug-likeness (QED) is 0.613. The number of primary amides is 1. The van der Waals surface area contributed by atoms with E-state index >= 15 is 0 Å². The molecule has 5 heteroatoms. The summed E-state index contributed by atoms with van der Waals surface area (Å²) in [5, 5.41) is 5.41. The standard InChI is InChI=1S/C10H19N3O2/c1-10(2,8(14)13-9(11)15)7-4-3-5-12-6-7/h7,12H,3-6H2,1-2H3,(H3,11,13,14,15). The highest BCUT2D eigenvalue weighted by Gasteiger charge is 2.37. The molecule has 0 bridgehead atoms. The van der Waals surface area contributed by atoms with E-state index in [0.717, 1.165) is 25.9 Å². The van der Waals surface area contributed by atoms with Crippen molar-refractivity contribution in [1.29, 1.82) is 0 Å². The molecule has 0 radical (unpaired) electrons. The Morgan fingerprint density at radius 2 is 2.13 bits per heavy atom. The van der Waals surface area contributed by atoms with E-state index in [1.54, 1.807) is 0 Å². The number of nitrogens with two attached hydrogens (primary N) is 1. The Morgan fingerprint density at radius 3 is 2.60 bits per heavy atom. The number of amides is 3. The first-order valence-electron chi connectivity index (χ1n) is 5.26. The third-order valence-corrected chi connectivity index (χ3v) is 3.14. The van der Waals surface area contributed by atoms with Gasteiger partial charge in [0.05, 0.1) is 0 Å². The normalized spacial score (nSPS) is 22.1. The van der Waals surface area contributed by atoms with E-state index in [-0.39, 0.29) is 11.8 Å². The highest BCUT2D eigenvalue weighted by molar-refractivity contribution is 5.96. The van der Waals surface area contributed by atoms with Crippen LogP contribution in [0.15, 0.2) is 0 Å². The van der Waals surface area contributed by atoms with Gasteiger partial charge in [-0.3, -0.25) is 10.1 Å². The molecule has 1 fully saturated rings. The van der Waals surface area contributed by atoms with Crippen molar-refractivity contribution in [2.45, 2.75) is 26.7 Å². The van der Waals surface area contributed by atoms with Gasteiger partial charge in [-0.25, -0.2) is 4.79 Å². The van der Waals surface area contributed by atoms with Crippen molar-refractivity contribution >= 4 is 11.9 Å². The van der Waals surface area contributed by atoms with Crippen molar-refractivity contribution < 1.29 is 9.59 Å². The van der Waals surface area contributed by atoms with E-state index in [0.29, 0.717) is 0 Å². The molecule has 4 N–H and O–H groups in total. The molecule has 0 aromatic carbocycles. The summed E-state index contributed by atoms with van der Waals surface area (Å²) in [7, 11) is 0. The summed E-state index contributed by atoms with van der Waals surface area (Å²) >= 11 is 0. The molecule has 0 aromatic heterocycles. The van der Waals surface area contributed by atoms with Crippen LogP contribution in [0.3, 0.4) is 0 Å².